The first-order valence-electron chi connectivity index (χ1n) is 8.54. The molecule has 1 aromatic heterocycles. The minimum Gasteiger partial charge on any atom is -0.356 e. The predicted octanol–water partition coefficient (Wildman–Crippen LogP) is 4.57. The molecule has 0 saturated heterocycles. The topological polar surface area (TPSA) is 44.9 Å². The molecule has 0 aliphatic carbocycles. The van der Waals surface area contributed by atoms with E-state index in [4.69, 9.17) is 0 Å². The first kappa shape index (κ1) is 18.8. The van der Waals surface area contributed by atoms with Crippen molar-refractivity contribution in [3.05, 3.63) is 76.2 Å². The quantitative estimate of drug-likeness (QED) is 0.633. The Hall–Kier alpha value is -3.02. The van der Waals surface area contributed by atoms with Gasteiger partial charge in [0, 0.05) is 23.7 Å². The zero-order valence-electron chi connectivity index (χ0n) is 15.0. The van der Waals surface area contributed by atoms with Crippen LogP contribution in [0, 0.1) is 31.3 Å². The van der Waals surface area contributed by atoms with Crippen molar-refractivity contribution in [1.29, 1.82) is 0 Å². The SMILES string of the molecule is Cc1[nH]c2c(F)ccc(C)c2c1CCNC(=O)C=Cc1ccc(F)c(F)c1. The molecule has 2 N–H and O–H groups in total. The molecule has 0 saturated carbocycles. The number of amides is 1. The van der Waals surface area contributed by atoms with Crippen molar-refractivity contribution in [2.24, 2.45) is 0 Å². The van der Waals surface area contributed by atoms with Gasteiger partial charge in [-0.3, -0.25) is 4.79 Å². The van der Waals surface area contributed by atoms with Gasteiger partial charge in [-0.2, -0.15) is 0 Å². The molecule has 0 unspecified atom stereocenters. The van der Waals surface area contributed by atoms with Crippen molar-refractivity contribution in [1.82, 2.24) is 10.3 Å². The standard InChI is InChI=1S/C21H19F3N2O/c1-12-3-6-17(23)21-20(12)15(13(2)26-21)9-10-25-19(27)8-5-14-4-7-16(22)18(24)11-14/h3-8,11,26H,9-10H2,1-2H3,(H,25,27). The maximum absolute atomic E-state index is 14.0. The van der Waals surface area contributed by atoms with Crippen LogP contribution in [0.4, 0.5) is 13.2 Å². The summed E-state index contributed by atoms with van der Waals surface area (Å²) in [6.07, 6.45) is 3.22. The van der Waals surface area contributed by atoms with Crippen molar-refractivity contribution in [2.45, 2.75) is 20.3 Å². The normalized spacial score (nSPS) is 11.4. The van der Waals surface area contributed by atoms with E-state index < -0.39 is 11.6 Å². The molecule has 2 aromatic carbocycles. The van der Waals surface area contributed by atoms with E-state index in [0.29, 0.717) is 24.0 Å². The monoisotopic (exact) mass is 372 g/mol. The van der Waals surface area contributed by atoms with Gasteiger partial charge < -0.3 is 10.3 Å². The second-order valence-electron chi connectivity index (χ2n) is 6.39. The number of rotatable bonds is 5. The van der Waals surface area contributed by atoms with Gasteiger partial charge in [-0.15, -0.1) is 0 Å². The molecule has 0 aliphatic rings. The zero-order chi connectivity index (χ0) is 19.6. The Balaban J connectivity index is 1.64. The zero-order valence-corrected chi connectivity index (χ0v) is 15.0. The average molecular weight is 372 g/mol. The molecule has 3 aromatic rings. The fraction of sp³-hybridized carbons (Fsp3) is 0.190. The number of aromatic nitrogens is 1. The predicted molar refractivity (Wildman–Crippen MR) is 99.8 cm³/mol. The van der Waals surface area contributed by atoms with E-state index in [-0.39, 0.29) is 11.7 Å². The van der Waals surface area contributed by atoms with Crippen molar-refractivity contribution in [3.63, 3.8) is 0 Å². The number of nitrogens with one attached hydrogen (secondary N) is 2. The lowest BCUT2D eigenvalue weighted by atomic mass is 10.0. The Bertz CT molecular complexity index is 1040. The van der Waals surface area contributed by atoms with Crippen LogP contribution in [0.3, 0.4) is 0 Å². The summed E-state index contributed by atoms with van der Waals surface area (Å²) < 4.78 is 40.0. The van der Waals surface area contributed by atoms with E-state index in [1.54, 1.807) is 6.07 Å². The van der Waals surface area contributed by atoms with Crippen LogP contribution in [0.15, 0.2) is 36.4 Å². The highest BCUT2D eigenvalue weighted by atomic mass is 19.2. The van der Waals surface area contributed by atoms with Gasteiger partial charge in [0.05, 0.1) is 5.52 Å². The summed E-state index contributed by atoms with van der Waals surface area (Å²) in [5.41, 5.74) is 3.67. The van der Waals surface area contributed by atoms with Crippen LogP contribution < -0.4 is 5.32 Å². The number of carbonyl (C=O) groups is 1. The van der Waals surface area contributed by atoms with Gasteiger partial charge in [-0.05, 0) is 61.2 Å². The molecule has 1 heterocycles. The fourth-order valence-electron chi connectivity index (χ4n) is 3.11. The van der Waals surface area contributed by atoms with Crippen LogP contribution >= 0.6 is 0 Å². The molecular weight excluding hydrogens is 353 g/mol. The fourth-order valence-corrected chi connectivity index (χ4v) is 3.11. The number of aryl methyl sites for hydroxylation is 2. The summed E-state index contributed by atoms with van der Waals surface area (Å²) in [6.45, 7) is 4.16. The van der Waals surface area contributed by atoms with E-state index in [9.17, 15) is 18.0 Å². The molecule has 3 rings (SSSR count). The highest BCUT2D eigenvalue weighted by Crippen LogP contribution is 2.27. The lowest BCUT2D eigenvalue weighted by Gasteiger charge is -2.05. The number of benzene rings is 2. The molecule has 3 nitrogen and oxygen atoms in total. The lowest BCUT2D eigenvalue weighted by Crippen LogP contribution is -2.23. The third kappa shape index (κ3) is 4.05. The highest BCUT2D eigenvalue weighted by molar-refractivity contribution is 5.92. The summed E-state index contributed by atoms with van der Waals surface area (Å²) in [6, 6.07) is 6.58. The first-order valence-corrected chi connectivity index (χ1v) is 8.54. The Morgan fingerprint density at radius 3 is 2.56 bits per heavy atom. The molecule has 0 fully saturated rings. The second-order valence-corrected chi connectivity index (χ2v) is 6.39. The van der Waals surface area contributed by atoms with Gasteiger partial charge in [0.1, 0.15) is 5.82 Å². The number of hydrogen-bond donors (Lipinski definition) is 2. The van der Waals surface area contributed by atoms with Gasteiger partial charge in [0.15, 0.2) is 11.6 Å². The number of halogens is 3. The van der Waals surface area contributed by atoms with Gasteiger partial charge in [0.25, 0.3) is 0 Å². The van der Waals surface area contributed by atoms with E-state index in [0.717, 1.165) is 34.3 Å². The molecule has 0 radical (unpaired) electrons. The Morgan fingerprint density at radius 1 is 1.07 bits per heavy atom. The summed E-state index contributed by atoms with van der Waals surface area (Å²) in [4.78, 5) is 15.0. The summed E-state index contributed by atoms with van der Waals surface area (Å²) in [5, 5.41) is 3.59. The van der Waals surface area contributed by atoms with E-state index in [2.05, 4.69) is 10.3 Å². The summed E-state index contributed by atoms with van der Waals surface area (Å²) in [7, 11) is 0. The summed E-state index contributed by atoms with van der Waals surface area (Å²) >= 11 is 0. The number of carbonyl (C=O) groups excluding carboxylic acids is 1. The highest BCUT2D eigenvalue weighted by Gasteiger charge is 2.13. The van der Waals surface area contributed by atoms with Crippen LogP contribution in [-0.2, 0) is 11.2 Å². The minimum atomic E-state index is -0.963. The second kappa shape index (κ2) is 7.70. The van der Waals surface area contributed by atoms with Crippen molar-refractivity contribution in [3.8, 4) is 0 Å². The third-order valence-electron chi connectivity index (χ3n) is 4.47. The molecule has 6 heteroatoms. The molecule has 27 heavy (non-hydrogen) atoms. The van der Waals surface area contributed by atoms with Crippen LogP contribution in [0.1, 0.15) is 22.4 Å². The van der Waals surface area contributed by atoms with Gasteiger partial charge in [-0.1, -0.05) is 12.1 Å². The molecule has 0 spiro atoms. The smallest absolute Gasteiger partial charge is 0.244 e. The lowest BCUT2D eigenvalue weighted by molar-refractivity contribution is -0.116. The molecule has 0 aliphatic heterocycles. The first-order chi connectivity index (χ1) is 12.9. The third-order valence-corrected chi connectivity index (χ3v) is 4.47. The van der Waals surface area contributed by atoms with Crippen LogP contribution in [0.25, 0.3) is 17.0 Å². The Kier molecular flexibility index (Phi) is 5.35. The number of H-pyrrole nitrogens is 1. The van der Waals surface area contributed by atoms with Crippen molar-refractivity contribution >= 4 is 22.9 Å². The van der Waals surface area contributed by atoms with Crippen molar-refractivity contribution < 1.29 is 18.0 Å². The summed E-state index contributed by atoms with van der Waals surface area (Å²) in [5.74, 6) is -2.55. The number of aromatic amines is 1. The van der Waals surface area contributed by atoms with Gasteiger partial charge >= 0.3 is 0 Å². The molecule has 0 atom stereocenters. The van der Waals surface area contributed by atoms with Crippen LogP contribution in [-0.4, -0.2) is 17.4 Å². The maximum atomic E-state index is 14.0. The Morgan fingerprint density at radius 2 is 1.81 bits per heavy atom. The molecule has 140 valence electrons. The number of fused-ring (bicyclic) bond motifs is 1. The van der Waals surface area contributed by atoms with E-state index in [1.165, 1.54) is 24.3 Å². The minimum absolute atomic E-state index is 0.302. The van der Waals surface area contributed by atoms with E-state index >= 15 is 0 Å². The van der Waals surface area contributed by atoms with Crippen LogP contribution in [0.2, 0.25) is 0 Å². The molecule has 1 amide bonds. The van der Waals surface area contributed by atoms with Crippen molar-refractivity contribution in [2.75, 3.05) is 6.54 Å². The largest absolute Gasteiger partial charge is 0.356 e. The molecule has 0 bridgehead atoms. The Labute approximate surface area is 154 Å². The van der Waals surface area contributed by atoms with Gasteiger partial charge in [-0.25, -0.2) is 13.2 Å². The van der Waals surface area contributed by atoms with E-state index in [1.807, 2.05) is 13.8 Å². The van der Waals surface area contributed by atoms with Gasteiger partial charge in [0.2, 0.25) is 5.91 Å². The number of hydrogen-bond acceptors (Lipinski definition) is 1. The van der Waals surface area contributed by atoms with Crippen LogP contribution in [0.5, 0.6) is 0 Å². The maximum Gasteiger partial charge on any atom is 0.244 e. The molecular formula is C21H19F3N2O. The average Bonchev–Trinajstić information content (AvgIpc) is 2.97.